The zero-order chi connectivity index (χ0) is 23.7. The van der Waals surface area contributed by atoms with Gasteiger partial charge >= 0.3 is 5.69 Å². The summed E-state index contributed by atoms with van der Waals surface area (Å²) in [7, 11) is 3.11. The van der Waals surface area contributed by atoms with E-state index in [4.69, 9.17) is 18.7 Å². The minimum Gasteiger partial charge on any atom is -0.493 e. The highest BCUT2D eigenvalue weighted by Crippen LogP contribution is 2.31. The number of para-hydroxylation sites is 1. The van der Waals surface area contributed by atoms with E-state index < -0.39 is 5.69 Å². The van der Waals surface area contributed by atoms with Crippen LogP contribution in [0.25, 0.3) is 22.3 Å². The third kappa shape index (κ3) is 3.96. The molecule has 176 valence electrons. The molecule has 1 unspecified atom stereocenters. The molecule has 1 aliphatic heterocycles. The highest BCUT2D eigenvalue weighted by atomic mass is 16.5. The van der Waals surface area contributed by atoms with Gasteiger partial charge in [-0.3, -0.25) is 13.9 Å². The Morgan fingerprint density at radius 1 is 1.06 bits per heavy atom. The zero-order valence-electron chi connectivity index (χ0n) is 18.9. The van der Waals surface area contributed by atoms with Crippen molar-refractivity contribution < 1.29 is 18.7 Å². The van der Waals surface area contributed by atoms with Crippen molar-refractivity contribution in [2.75, 3.05) is 20.8 Å². The van der Waals surface area contributed by atoms with Crippen molar-refractivity contribution in [3.05, 3.63) is 69.2 Å². The molecule has 10 heteroatoms. The number of methoxy groups -OCH3 is 2. The smallest absolute Gasteiger partial charge is 0.332 e. The number of benzene rings is 2. The van der Waals surface area contributed by atoms with Crippen LogP contribution in [0.3, 0.4) is 0 Å². The molecule has 34 heavy (non-hydrogen) atoms. The van der Waals surface area contributed by atoms with Crippen molar-refractivity contribution in [1.29, 1.82) is 0 Å². The summed E-state index contributed by atoms with van der Waals surface area (Å²) >= 11 is 0. The maximum absolute atomic E-state index is 13.4. The number of aromatic nitrogens is 4. The van der Waals surface area contributed by atoms with Crippen LogP contribution < -0.4 is 20.7 Å². The molecule has 0 spiro atoms. The number of hydrogen-bond donors (Lipinski definition) is 0. The van der Waals surface area contributed by atoms with Crippen LogP contribution in [0.4, 0.5) is 0 Å². The molecule has 10 nitrogen and oxygen atoms in total. The first-order valence-electron chi connectivity index (χ1n) is 11.0. The van der Waals surface area contributed by atoms with Crippen LogP contribution in [-0.2, 0) is 17.8 Å². The van der Waals surface area contributed by atoms with Gasteiger partial charge < -0.3 is 18.7 Å². The monoisotopic (exact) mass is 464 g/mol. The Hall–Kier alpha value is -3.92. The molecule has 1 atom stereocenters. The Kier molecular flexibility index (Phi) is 5.89. The molecule has 1 fully saturated rings. The number of ether oxygens (including phenoxy) is 3. The van der Waals surface area contributed by atoms with Gasteiger partial charge in [-0.05, 0) is 43.2 Å². The molecule has 2 aromatic carbocycles. The van der Waals surface area contributed by atoms with Gasteiger partial charge in [0.25, 0.3) is 5.56 Å². The van der Waals surface area contributed by atoms with Crippen molar-refractivity contribution in [3.63, 3.8) is 0 Å². The summed E-state index contributed by atoms with van der Waals surface area (Å²) in [5.74, 6) is 1.71. The van der Waals surface area contributed by atoms with Gasteiger partial charge in [0.05, 0.1) is 37.8 Å². The highest BCUT2D eigenvalue weighted by molar-refractivity contribution is 5.77. The van der Waals surface area contributed by atoms with Gasteiger partial charge in [0, 0.05) is 12.2 Å². The Bertz CT molecular complexity index is 1450. The first kappa shape index (κ1) is 21.9. The molecule has 1 aliphatic rings. The molecule has 0 saturated carbocycles. The van der Waals surface area contributed by atoms with Crippen LogP contribution >= 0.6 is 0 Å². The van der Waals surface area contributed by atoms with Crippen molar-refractivity contribution in [2.45, 2.75) is 32.0 Å². The van der Waals surface area contributed by atoms with Crippen LogP contribution in [0.1, 0.15) is 18.7 Å². The average Bonchev–Trinajstić information content (AvgIpc) is 3.56. The molecule has 0 aliphatic carbocycles. The second-order valence-corrected chi connectivity index (χ2v) is 8.02. The van der Waals surface area contributed by atoms with Gasteiger partial charge in [0.1, 0.15) is 6.54 Å². The van der Waals surface area contributed by atoms with E-state index in [0.717, 1.165) is 12.8 Å². The fourth-order valence-corrected chi connectivity index (χ4v) is 4.22. The fourth-order valence-electron chi connectivity index (χ4n) is 4.22. The van der Waals surface area contributed by atoms with Gasteiger partial charge in [-0.1, -0.05) is 17.3 Å². The normalized spacial score (nSPS) is 15.6. The molecule has 3 heterocycles. The highest BCUT2D eigenvalue weighted by Gasteiger charge is 2.21. The van der Waals surface area contributed by atoms with Crippen LogP contribution in [0.5, 0.6) is 11.5 Å². The van der Waals surface area contributed by atoms with Gasteiger partial charge in [-0.15, -0.1) is 0 Å². The van der Waals surface area contributed by atoms with E-state index in [9.17, 15) is 9.59 Å². The van der Waals surface area contributed by atoms with E-state index in [1.54, 1.807) is 56.7 Å². The van der Waals surface area contributed by atoms with Gasteiger partial charge in [-0.2, -0.15) is 4.98 Å². The molecule has 1 saturated heterocycles. The van der Waals surface area contributed by atoms with E-state index in [1.165, 1.54) is 9.13 Å². The summed E-state index contributed by atoms with van der Waals surface area (Å²) in [6.07, 6.45) is 1.58. The van der Waals surface area contributed by atoms with Crippen LogP contribution in [0.2, 0.25) is 0 Å². The molecule has 0 bridgehead atoms. The Morgan fingerprint density at radius 3 is 2.65 bits per heavy atom. The second kappa shape index (κ2) is 9.14. The van der Waals surface area contributed by atoms with Crippen molar-refractivity contribution >= 4 is 10.9 Å². The average molecular weight is 464 g/mol. The minimum absolute atomic E-state index is 0.0193. The summed E-state index contributed by atoms with van der Waals surface area (Å²) in [6.45, 7) is 0.872. The summed E-state index contributed by atoms with van der Waals surface area (Å²) in [4.78, 5) is 30.9. The molecule has 2 aromatic heterocycles. The molecule has 0 radical (unpaired) electrons. The van der Waals surface area contributed by atoms with Gasteiger partial charge in [-0.25, -0.2) is 4.79 Å². The van der Waals surface area contributed by atoms with E-state index in [1.807, 2.05) is 0 Å². The predicted octanol–water partition coefficient (Wildman–Crippen LogP) is 2.46. The molecule has 0 N–H and O–H groups in total. The molecule has 5 rings (SSSR count). The summed E-state index contributed by atoms with van der Waals surface area (Å²) in [6, 6.07) is 12.3. The number of hydrogen-bond acceptors (Lipinski definition) is 8. The van der Waals surface area contributed by atoms with Crippen molar-refractivity contribution in [1.82, 2.24) is 19.3 Å². The first-order valence-corrected chi connectivity index (χ1v) is 11.0. The SMILES string of the molecule is COc1ccc(-c2noc(Cn3c(=O)n(CC4CCCO4)c(=O)c4ccccc43)n2)cc1OC. The van der Waals surface area contributed by atoms with Crippen molar-refractivity contribution in [3.8, 4) is 22.9 Å². The maximum Gasteiger partial charge on any atom is 0.332 e. The molecular formula is C24H24N4O6. The lowest BCUT2D eigenvalue weighted by molar-refractivity contribution is 0.0948. The van der Waals surface area contributed by atoms with Gasteiger partial charge in [0.2, 0.25) is 11.7 Å². The number of nitrogens with zero attached hydrogens (tertiary/aromatic N) is 4. The third-order valence-electron chi connectivity index (χ3n) is 5.95. The van der Waals surface area contributed by atoms with E-state index in [2.05, 4.69) is 10.1 Å². The largest absolute Gasteiger partial charge is 0.493 e. The summed E-state index contributed by atoms with van der Waals surface area (Å²) in [5.41, 5.74) is 0.411. The number of fused-ring (bicyclic) bond motifs is 1. The van der Waals surface area contributed by atoms with Crippen LogP contribution in [0.15, 0.2) is 56.6 Å². The van der Waals surface area contributed by atoms with E-state index >= 15 is 0 Å². The topological polar surface area (TPSA) is 111 Å². The Labute approximate surface area is 194 Å². The lowest BCUT2D eigenvalue weighted by Gasteiger charge is -2.15. The molecular weight excluding hydrogens is 440 g/mol. The first-order chi connectivity index (χ1) is 16.6. The third-order valence-corrected chi connectivity index (χ3v) is 5.95. The Morgan fingerprint density at radius 2 is 1.88 bits per heavy atom. The zero-order valence-corrected chi connectivity index (χ0v) is 18.9. The lowest BCUT2D eigenvalue weighted by atomic mass is 10.2. The van der Waals surface area contributed by atoms with Crippen LogP contribution in [0, 0.1) is 0 Å². The summed E-state index contributed by atoms with van der Waals surface area (Å²) in [5, 5.41) is 4.50. The fraction of sp³-hybridized carbons (Fsp3) is 0.333. The molecule has 4 aromatic rings. The minimum atomic E-state index is -0.440. The quantitative estimate of drug-likeness (QED) is 0.410. The number of rotatable bonds is 7. The lowest BCUT2D eigenvalue weighted by Crippen LogP contribution is -2.42. The van der Waals surface area contributed by atoms with Crippen LogP contribution in [-0.4, -0.2) is 46.2 Å². The maximum atomic E-state index is 13.4. The van der Waals surface area contributed by atoms with E-state index in [0.29, 0.717) is 40.4 Å². The van der Waals surface area contributed by atoms with Crippen molar-refractivity contribution in [2.24, 2.45) is 0 Å². The summed E-state index contributed by atoms with van der Waals surface area (Å²) < 4.78 is 24.5. The molecule has 0 amide bonds. The van der Waals surface area contributed by atoms with Gasteiger partial charge in [0.15, 0.2) is 11.5 Å². The van der Waals surface area contributed by atoms with E-state index in [-0.39, 0.29) is 30.6 Å². The standard InChI is InChI=1S/C24H24N4O6/c1-31-19-10-9-15(12-20(19)32-2)22-25-21(34-26-22)14-27-18-8-4-3-7-17(18)23(29)28(24(27)30)13-16-6-5-11-33-16/h3-4,7-10,12,16H,5-6,11,13-14H2,1-2H3. The second-order valence-electron chi connectivity index (χ2n) is 8.02. The predicted molar refractivity (Wildman–Crippen MR) is 123 cm³/mol. The Balaban J connectivity index is 1.53.